The number of carbonyl (C=O) groups is 1. The predicted octanol–water partition coefficient (Wildman–Crippen LogP) is 1.66. The minimum absolute atomic E-state index is 0.282. The van der Waals surface area contributed by atoms with Crippen LogP contribution in [0.15, 0.2) is 70.6 Å². The molecule has 0 aliphatic carbocycles. The van der Waals surface area contributed by atoms with Crippen molar-refractivity contribution in [1.29, 1.82) is 0 Å². The molecule has 0 aliphatic heterocycles. The molecule has 3 N–H and O–H groups in total. The standard InChI is InChI=1S/C19H18N4O3/c1-13-16(19(26)23(22-13)15-10-6-3-7-11-15)12-20-21-18(25)17(24)14-8-4-2-5-9-14/h2-12,17,22,24H,1H3,(H,21,25)/b20-12-/t17-/m0/s1. The Bertz CT molecular complexity index is 975. The van der Waals surface area contributed by atoms with Crippen molar-refractivity contribution in [3.8, 4) is 5.69 Å². The first-order valence-electron chi connectivity index (χ1n) is 8.01. The Kier molecular flexibility index (Phi) is 5.09. The van der Waals surface area contributed by atoms with E-state index in [-0.39, 0.29) is 5.56 Å². The van der Waals surface area contributed by atoms with Gasteiger partial charge in [-0.1, -0.05) is 48.5 Å². The fourth-order valence-corrected chi connectivity index (χ4v) is 2.48. The van der Waals surface area contributed by atoms with Crippen molar-refractivity contribution in [2.75, 3.05) is 0 Å². The second-order valence-corrected chi connectivity index (χ2v) is 5.67. The SMILES string of the molecule is Cc1[nH]n(-c2ccccc2)c(=O)c1/C=N\NC(=O)[C@@H](O)c1ccccc1. The minimum atomic E-state index is -1.33. The molecule has 7 nitrogen and oxygen atoms in total. The molecule has 3 aromatic rings. The molecule has 0 fully saturated rings. The van der Waals surface area contributed by atoms with Crippen molar-refractivity contribution < 1.29 is 9.90 Å². The summed E-state index contributed by atoms with van der Waals surface area (Å²) < 4.78 is 1.40. The van der Waals surface area contributed by atoms with Crippen LogP contribution in [0.3, 0.4) is 0 Å². The number of nitrogens with one attached hydrogen (secondary N) is 2. The number of aliphatic hydroxyl groups excluding tert-OH is 1. The number of benzene rings is 2. The van der Waals surface area contributed by atoms with E-state index in [1.807, 2.05) is 18.2 Å². The Labute approximate surface area is 149 Å². The van der Waals surface area contributed by atoms with Crippen LogP contribution in [-0.2, 0) is 4.79 Å². The van der Waals surface area contributed by atoms with Gasteiger partial charge >= 0.3 is 0 Å². The second kappa shape index (κ2) is 7.62. The highest BCUT2D eigenvalue weighted by Gasteiger charge is 2.16. The third kappa shape index (κ3) is 3.62. The fraction of sp³-hybridized carbons (Fsp3) is 0.105. The van der Waals surface area contributed by atoms with Gasteiger partial charge in [-0.2, -0.15) is 5.10 Å². The number of aromatic nitrogens is 2. The third-order valence-corrected chi connectivity index (χ3v) is 3.86. The first-order valence-corrected chi connectivity index (χ1v) is 8.01. The molecule has 0 unspecified atom stereocenters. The highest BCUT2D eigenvalue weighted by atomic mass is 16.3. The molecule has 0 saturated carbocycles. The van der Waals surface area contributed by atoms with Crippen LogP contribution < -0.4 is 11.0 Å². The van der Waals surface area contributed by atoms with Crippen molar-refractivity contribution in [2.24, 2.45) is 5.10 Å². The molecular formula is C19H18N4O3. The summed E-state index contributed by atoms with van der Waals surface area (Å²) in [5, 5.41) is 16.8. The van der Waals surface area contributed by atoms with Gasteiger partial charge in [0.25, 0.3) is 11.5 Å². The molecule has 0 spiro atoms. The molecular weight excluding hydrogens is 332 g/mol. The summed E-state index contributed by atoms with van der Waals surface area (Å²) >= 11 is 0. The van der Waals surface area contributed by atoms with Gasteiger partial charge in [-0.25, -0.2) is 10.1 Å². The van der Waals surface area contributed by atoms with Gasteiger partial charge in [-0.05, 0) is 24.6 Å². The largest absolute Gasteiger partial charge is 0.378 e. The van der Waals surface area contributed by atoms with Gasteiger partial charge < -0.3 is 5.11 Å². The normalized spacial score (nSPS) is 12.2. The molecule has 26 heavy (non-hydrogen) atoms. The van der Waals surface area contributed by atoms with Gasteiger partial charge in [0, 0.05) is 5.69 Å². The molecule has 1 atom stereocenters. The van der Waals surface area contributed by atoms with Crippen LogP contribution in [0.25, 0.3) is 5.69 Å². The maximum absolute atomic E-state index is 12.5. The van der Waals surface area contributed by atoms with Gasteiger partial charge in [-0.15, -0.1) is 0 Å². The lowest BCUT2D eigenvalue weighted by molar-refractivity contribution is -0.129. The molecule has 0 aliphatic rings. The number of hydrogen-bond donors (Lipinski definition) is 3. The molecule has 132 valence electrons. The van der Waals surface area contributed by atoms with E-state index in [0.717, 1.165) is 0 Å². The number of carbonyl (C=O) groups excluding carboxylic acids is 1. The first-order chi connectivity index (χ1) is 12.6. The summed E-state index contributed by atoms with van der Waals surface area (Å²) in [7, 11) is 0. The molecule has 0 radical (unpaired) electrons. The zero-order chi connectivity index (χ0) is 18.5. The molecule has 3 rings (SSSR count). The van der Waals surface area contributed by atoms with Crippen LogP contribution in [-0.4, -0.2) is 27.0 Å². The lowest BCUT2D eigenvalue weighted by atomic mass is 10.1. The number of aromatic amines is 1. The summed E-state index contributed by atoms with van der Waals surface area (Å²) in [6.07, 6.45) is -0.0647. The Balaban J connectivity index is 1.74. The monoisotopic (exact) mass is 350 g/mol. The smallest absolute Gasteiger partial charge is 0.280 e. The summed E-state index contributed by atoms with van der Waals surface area (Å²) in [6, 6.07) is 17.7. The van der Waals surface area contributed by atoms with E-state index in [9.17, 15) is 14.7 Å². The van der Waals surface area contributed by atoms with Crippen LogP contribution in [0, 0.1) is 6.92 Å². The Morgan fingerprint density at radius 1 is 1.15 bits per heavy atom. The Hall–Kier alpha value is -3.45. The zero-order valence-corrected chi connectivity index (χ0v) is 14.1. The molecule has 0 saturated heterocycles. The van der Waals surface area contributed by atoms with Gasteiger partial charge in [-0.3, -0.25) is 14.7 Å². The van der Waals surface area contributed by atoms with Gasteiger partial charge in [0.05, 0.1) is 17.5 Å². The van der Waals surface area contributed by atoms with E-state index >= 15 is 0 Å². The first kappa shape index (κ1) is 17.4. The fourth-order valence-electron chi connectivity index (χ4n) is 2.48. The van der Waals surface area contributed by atoms with Crippen molar-refractivity contribution >= 4 is 12.1 Å². The van der Waals surface area contributed by atoms with Crippen LogP contribution in [0.5, 0.6) is 0 Å². The average molecular weight is 350 g/mol. The number of para-hydroxylation sites is 1. The van der Waals surface area contributed by atoms with E-state index in [0.29, 0.717) is 22.5 Å². The number of H-pyrrole nitrogens is 1. The minimum Gasteiger partial charge on any atom is -0.378 e. The third-order valence-electron chi connectivity index (χ3n) is 3.86. The average Bonchev–Trinajstić information content (AvgIpc) is 2.97. The van der Waals surface area contributed by atoms with E-state index in [1.165, 1.54) is 10.9 Å². The van der Waals surface area contributed by atoms with E-state index < -0.39 is 12.0 Å². The zero-order valence-electron chi connectivity index (χ0n) is 14.1. The quantitative estimate of drug-likeness (QED) is 0.482. The van der Waals surface area contributed by atoms with Gasteiger partial charge in [0.1, 0.15) is 0 Å². The van der Waals surface area contributed by atoms with E-state index in [2.05, 4.69) is 15.6 Å². The highest BCUT2D eigenvalue weighted by molar-refractivity contribution is 5.85. The number of aryl methyl sites for hydroxylation is 1. The second-order valence-electron chi connectivity index (χ2n) is 5.67. The molecule has 7 heteroatoms. The van der Waals surface area contributed by atoms with Crippen molar-refractivity contribution in [3.63, 3.8) is 0 Å². The Morgan fingerprint density at radius 3 is 2.42 bits per heavy atom. The van der Waals surface area contributed by atoms with Gasteiger partial charge in [0.15, 0.2) is 6.10 Å². The lowest BCUT2D eigenvalue weighted by Gasteiger charge is -2.08. The highest BCUT2D eigenvalue weighted by Crippen LogP contribution is 2.11. The maximum Gasteiger partial charge on any atom is 0.280 e. The predicted molar refractivity (Wildman–Crippen MR) is 98.3 cm³/mol. The van der Waals surface area contributed by atoms with Crippen LogP contribution in [0.2, 0.25) is 0 Å². The number of hydrogen-bond acceptors (Lipinski definition) is 4. The summed E-state index contributed by atoms with van der Waals surface area (Å²) in [4.78, 5) is 24.5. The number of rotatable bonds is 5. The maximum atomic E-state index is 12.5. The molecule has 2 aromatic carbocycles. The number of nitrogens with zero attached hydrogens (tertiary/aromatic N) is 2. The molecule has 1 amide bonds. The molecule has 1 aromatic heterocycles. The topological polar surface area (TPSA) is 99.5 Å². The van der Waals surface area contributed by atoms with Gasteiger partial charge in [0.2, 0.25) is 0 Å². The lowest BCUT2D eigenvalue weighted by Crippen LogP contribution is -2.25. The van der Waals surface area contributed by atoms with Crippen LogP contribution >= 0.6 is 0 Å². The van der Waals surface area contributed by atoms with E-state index in [1.54, 1.807) is 49.4 Å². The van der Waals surface area contributed by atoms with Crippen molar-refractivity contribution in [2.45, 2.75) is 13.0 Å². The van der Waals surface area contributed by atoms with Crippen molar-refractivity contribution in [1.82, 2.24) is 15.2 Å². The summed E-state index contributed by atoms with van der Waals surface area (Å²) in [5.41, 5.74) is 4.06. The molecule has 1 heterocycles. The van der Waals surface area contributed by atoms with Crippen LogP contribution in [0.4, 0.5) is 0 Å². The summed E-state index contributed by atoms with van der Waals surface area (Å²) in [5.74, 6) is -0.677. The number of hydrazone groups is 1. The molecule has 0 bridgehead atoms. The van der Waals surface area contributed by atoms with Crippen LogP contribution in [0.1, 0.15) is 22.9 Å². The number of amides is 1. The van der Waals surface area contributed by atoms with E-state index in [4.69, 9.17) is 0 Å². The Morgan fingerprint density at radius 2 is 1.77 bits per heavy atom. The van der Waals surface area contributed by atoms with Crippen molar-refractivity contribution in [3.05, 3.63) is 87.8 Å². The number of aliphatic hydroxyl groups is 1. The summed E-state index contributed by atoms with van der Waals surface area (Å²) in [6.45, 7) is 1.74.